The molecule has 154 valence electrons. The summed E-state index contributed by atoms with van der Waals surface area (Å²) in [5.74, 6) is -1.71. The molecule has 0 saturated heterocycles. The number of anilines is 1. The molecule has 1 N–H and O–H groups in total. The first-order valence-corrected chi connectivity index (χ1v) is 9.55. The van der Waals surface area contributed by atoms with Crippen molar-refractivity contribution in [1.82, 2.24) is 4.90 Å². The molecule has 0 saturated carbocycles. The number of benzene rings is 1. The van der Waals surface area contributed by atoms with Gasteiger partial charge in [0, 0.05) is 25.7 Å². The van der Waals surface area contributed by atoms with Crippen LogP contribution in [0.4, 0.5) is 10.7 Å². The van der Waals surface area contributed by atoms with Gasteiger partial charge in [0.05, 0.1) is 22.0 Å². The highest BCUT2D eigenvalue weighted by molar-refractivity contribution is 7.18. The van der Waals surface area contributed by atoms with Crippen LogP contribution in [0, 0.1) is 17.0 Å². The number of halogens is 1. The molecule has 1 aromatic heterocycles. The number of nitro groups is 1. The van der Waals surface area contributed by atoms with Crippen molar-refractivity contribution in [2.75, 3.05) is 26.0 Å². The Morgan fingerprint density at radius 1 is 1.31 bits per heavy atom. The van der Waals surface area contributed by atoms with Crippen LogP contribution in [-0.4, -0.2) is 48.3 Å². The third kappa shape index (κ3) is 4.72. The number of rotatable bonds is 6. The normalized spacial score (nSPS) is 10.4. The molecule has 11 heteroatoms. The molecule has 0 atom stereocenters. The van der Waals surface area contributed by atoms with Gasteiger partial charge in [0.1, 0.15) is 10.0 Å². The van der Waals surface area contributed by atoms with E-state index < -0.39 is 22.5 Å². The fourth-order valence-electron chi connectivity index (χ4n) is 2.43. The van der Waals surface area contributed by atoms with Crippen molar-refractivity contribution >= 4 is 51.4 Å². The van der Waals surface area contributed by atoms with Crippen molar-refractivity contribution < 1.29 is 24.0 Å². The van der Waals surface area contributed by atoms with Crippen LogP contribution in [0.2, 0.25) is 5.02 Å². The summed E-state index contributed by atoms with van der Waals surface area (Å²) < 4.78 is 5.04. The first-order valence-electron chi connectivity index (χ1n) is 8.35. The van der Waals surface area contributed by atoms with E-state index in [1.165, 1.54) is 17.0 Å². The molecule has 0 spiro atoms. The number of nitrogens with zero attached hydrogens (tertiary/aromatic N) is 2. The largest absolute Gasteiger partial charge is 0.462 e. The molecule has 29 heavy (non-hydrogen) atoms. The first kappa shape index (κ1) is 22.3. The van der Waals surface area contributed by atoms with Crippen molar-refractivity contribution in [1.29, 1.82) is 0 Å². The Hall–Kier alpha value is -2.98. The Labute approximate surface area is 175 Å². The number of nitro benzene ring substituents is 1. The summed E-state index contributed by atoms with van der Waals surface area (Å²) in [5.41, 5.74) is 0.00150. The first-order chi connectivity index (χ1) is 13.6. The van der Waals surface area contributed by atoms with E-state index in [2.05, 4.69) is 5.32 Å². The minimum atomic E-state index is -0.702. The second-order valence-electron chi connectivity index (χ2n) is 6.06. The Bertz CT molecular complexity index is 1000. The third-order valence-electron chi connectivity index (χ3n) is 3.86. The topological polar surface area (TPSA) is 119 Å². The summed E-state index contributed by atoms with van der Waals surface area (Å²) in [7, 11) is 3.13. The molecule has 9 nitrogen and oxygen atoms in total. The maximum Gasteiger partial charge on any atom is 0.341 e. The molecular weight excluding hydrogens is 422 g/mol. The van der Waals surface area contributed by atoms with E-state index in [-0.39, 0.29) is 38.5 Å². The van der Waals surface area contributed by atoms with Crippen LogP contribution in [0.25, 0.3) is 0 Å². The van der Waals surface area contributed by atoms with Gasteiger partial charge >= 0.3 is 5.97 Å². The maximum absolute atomic E-state index is 12.6. The number of esters is 1. The number of carbonyl (C=O) groups is 3. The van der Waals surface area contributed by atoms with Crippen molar-refractivity contribution in [2.45, 2.75) is 13.8 Å². The lowest BCUT2D eigenvalue weighted by Crippen LogP contribution is -2.21. The predicted octanol–water partition coefficient (Wildman–Crippen LogP) is 3.75. The Morgan fingerprint density at radius 3 is 2.52 bits per heavy atom. The molecule has 0 fully saturated rings. The molecule has 0 unspecified atom stereocenters. The Morgan fingerprint density at radius 2 is 1.97 bits per heavy atom. The molecular formula is C18H18ClN3O6S. The molecule has 0 aliphatic heterocycles. The highest BCUT2D eigenvalue weighted by atomic mass is 35.5. The minimum Gasteiger partial charge on any atom is -0.462 e. The summed E-state index contributed by atoms with van der Waals surface area (Å²) in [6, 6.07) is 3.59. The third-order valence-corrected chi connectivity index (χ3v) is 5.37. The van der Waals surface area contributed by atoms with E-state index in [0.29, 0.717) is 5.56 Å². The Kier molecular flexibility index (Phi) is 6.93. The van der Waals surface area contributed by atoms with Gasteiger partial charge in [-0.05, 0) is 31.5 Å². The summed E-state index contributed by atoms with van der Waals surface area (Å²) in [6.07, 6.45) is 0. The van der Waals surface area contributed by atoms with Gasteiger partial charge < -0.3 is 15.0 Å². The molecule has 0 aliphatic rings. The molecule has 0 aliphatic carbocycles. The van der Waals surface area contributed by atoms with E-state index >= 15 is 0 Å². The van der Waals surface area contributed by atoms with Crippen molar-refractivity contribution in [2.24, 2.45) is 0 Å². The van der Waals surface area contributed by atoms with Gasteiger partial charge in [-0.3, -0.25) is 19.7 Å². The summed E-state index contributed by atoms with van der Waals surface area (Å²) in [4.78, 5) is 49.4. The van der Waals surface area contributed by atoms with Gasteiger partial charge in [0.15, 0.2) is 0 Å². The number of ether oxygens (including phenoxy) is 1. The zero-order valence-electron chi connectivity index (χ0n) is 16.1. The second kappa shape index (κ2) is 9.01. The average Bonchev–Trinajstić information content (AvgIpc) is 2.97. The lowest BCUT2D eigenvalue weighted by atomic mass is 10.1. The SMILES string of the molecule is CCOC(=O)c1c(NC(=O)c2ccc(Cl)c([N+](=O)[O-])c2)sc(C(=O)N(C)C)c1C. The van der Waals surface area contributed by atoms with Crippen LogP contribution in [0.5, 0.6) is 0 Å². The van der Waals surface area contributed by atoms with Gasteiger partial charge in [-0.15, -0.1) is 11.3 Å². The van der Waals surface area contributed by atoms with Crippen LogP contribution in [0.3, 0.4) is 0 Å². The minimum absolute atomic E-state index is 0.0255. The predicted molar refractivity (Wildman–Crippen MR) is 109 cm³/mol. The number of carbonyl (C=O) groups excluding carboxylic acids is 3. The van der Waals surface area contributed by atoms with Crippen LogP contribution in [0.1, 0.15) is 42.9 Å². The van der Waals surface area contributed by atoms with Gasteiger partial charge in [-0.25, -0.2) is 4.79 Å². The van der Waals surface area contributed by atoms with E-state index in [9.17, 15) is 24.5 Å². The van der Waals surface area contributed by atoms with Gasteiger partial charge in [-0.2, -0.15) is 0 Å². The summed E-state index contributed by atoms with van der Waals surface area (Å²) >= 11 is 6.70. The van der Waals surface area contributed by atoms with E-state index in [0.717, 1.165) is 17.4 Å². The molecule has 2 rings (SSSR count). The lowest BCUT2D eigenvalue weighted by Gasteiger charge is -2.09. The smallest absolute Gasteiger partial charge is 0.341 e. The van der Waals surface area contributed by atoms with Gasteiger partial charge in [0.2, 0.25) is 0 Å². The Balaban J connectivity index is 2.48. The molecule has 2 aromatic rings. The summed E-state index contributed by atoms with van der Waals surface area (Å²) in [6.45, 7) is 3.33. The quantitative estimate of drug-likeness (QED) is 0.416. The fourth-order valence-corrected chi connectivity index (χ4v) is 3.82. The monoisotopic (exact) mass is 439 g/mol. The molecule has 1 heterocycles. The van der Waals surface area contributed by atoms with Crippen molar-refractivity contribution in [3.63, 3.8) is 0 Å². The van der Waals surface area contributed by atoms with E-state index in [1.807, 2.05) is 0 Å². The standard InChI is InChI=1S/C18H18ClN3O6S/c1-5-28-18(25)13-9(2)14(17(24)21(3)4)29-16(13)20-15(23)10-6-7-11(19)12(8-10)22(26)27/h6-8H,5H2,1-4H3,(H,20,23). The lowest BCUT2D eigenvalue weighted by molar-refractivity contribution is -0.384. The zero-order chi connectivity index (χ0) is 21.9. The number of hydrogen-bond donors (Lipinski definition) is 1. The van der Waals surface area contributed by atoms with Gasteiger partial charge in [0.25, 0.3) is 17.5 Å². The van der Waals surface area contributed by atoms with Gasteiger partial charge in [-0.1, -0.05) is 11.6 Å². The van der Waals surface area contributed by atoms with Crippen LogP contribution in [0.15, 0.2) is 18.2 Å². The van der Waals surface area contributed by atoms with Crippen molar-refractivity contribution in [3.05, 3.63) is 54.9 Å². The number of amides is 2. The van der Waals surface area contributed by atoms with E-state index in [1.54, 1.807) is 27.9 Å². The second-order valence-corrected chi connectivity index (χ2v) is 7.49. The van der Waals surface area contributed by atoms with Crippen LogP contribution < -0.4 is 5.32 Å². The number of nitrogens with one attached hydrogen (secondary N) is 1. The molecule has 2 amide bonds. The number of thiophene rings is 1. The summed E-state index contributed by atoms with van der Waals surface area (Å²) in [5, 5.41) is 13.6. The molecule has 0 bridgehead atoms. The molecule has 1 aromatic carbocycles. The zero-order valence-corrected chi connectivity index (χ0v) is 17.6. The molecule has 0 radical (unpaired) electrons. The highest BCUT2D eigenvalue weighted by Gasteiger charge is 2.28. The highest BCUT2D eigenvalue weighted by Crippen LogP contribution is 2.35. The average molecular weight is 440 g/mol. The number of hydrogen-bond acceptors (Lipinski definition) is 7. The van der Waals surface area contributed by atoms with Crippen molar-refractivity contribution in [3.8, 4) is 0 Å². The van der Waals surface area contributed by atoms with Crippen LogP contribution >= 0.6 is 22.9 Å². The maximum atomic E-state index is 12.6. The fraction of sp³-hybridized carbons (Fsp3) is 0.278. The van der Waals surface area contributed by atoms with E-state index in [4.69, 9.17) is 16.3 Å². The van der Waals surface area contributed by atoms with Crippen LogP contribution in [-0.2, 0) is 4.74 Å².